The predicted octanol–water partition coefficient (Wildman–Crippen LogP) is 2.37. The molecule has 0 amide bonds. The van der Waals surface area contributed by atoms with E-state index in [4.69, 9.17) is 0 Å². The van der Waals surface area contributed by atoms with Crippen LogP contribution < -0.4 is 10.0 Å². The van der Waals surface area contributed by atoms with Crippen LogP contribution in [-0.2, 0) is 10.0 Å². The number of pyridine rings is 1. The van der Waals surface area contributed by atoms with Crippen molar-refractivity contribution in [1.29, 1.82) is 0 Å². The molecule has 5 nitrogen and oxygen atoms in total. The Kier molecular flexibility index (Phi) is 5.52. The van der Waals surface area contributed by atoms with Crippen molar-refractivity contribution in [3.63, 3.8) is 0 Å². The molecule has 1 aromatic heterocycles. The molecule has 0 fully saturated rings. The summed E-state index contributed by atoms with van der Waals surface area (Å²) in [6.07, 6.45) is 3.23. The van der Waals surface area contributed by atoms with E-state index in [1.54, 1.807) is 18.3 Å². The van der Waals surface area contributed by atoms with Gasteiger partial charge in [-0.25, -0.2) is 8.42 Å². The molecule has 1 heterocycles. The van der Waals surface area contributed by atoms with Crippen LogP contribution in [0, 0.1) is 0 Å². The van der Waals surface area contributed by atoms with Crippen LogP contribution in [0.25, 0.3) is 10.9 Å². The molecule has 114 valence electrons. The van der Waals surface area contributed by atoms with Gasteiger partial charge in [0.15, 0.2) is 0 Å². The first-order chi connectivity index (χ1) is 10.1. The second-order valence-corrected chi connectivity index (χ2v) is 6.73. The Labute approximate surface area is 125 Å². The molecule has 0 saturated carbocycles. The Morgan fingerprint density at radius 1 is 1.19 bits per heavy atom. The molecule has 21 heavy (non-hydrogen) atoms. The fourth-order valence-electron chi connectivity index (χ4n) is 2.09. The monoisotopic (exact) mass is 307 g/mol. The minimum atomic E-state index is -3.29. The van der Waals surface area contributed by atoms with Gasteiger partial charge in [-0.05, 0) is 50.2 Å². The lowest BCUT2D eigenvalue weighted by atomic mass is 10.2. The van der Waals surface area contributed by atoms with E-state index in [-0.39, 0.29) is 5.75 Å². The lowest BCUT2D eigenvalue weighted by Crippen LogP contribution is -2.19. The molecule has 0 spiro atoms. The largest absolute Gasteiger partial charge is 0.317 e. The number of anilines is 1. The van der Waals surface area contributed by atoms with Gasteiger partial charge in [0.25, 0.3) is 0 Å². The Hall–Kier alpha value is -1.66. The number of hydrogen-bond donors (Lipinski definition) is 2. The second-order valence-electron chi connectivity index (χ2n) is 4.89. The Morgan fingerprint density at radius 3 is 2.86 bits per heavy atom. The Balaban J connectivity index is 1.95. The van der Waals surface area contributed by atoms with Crippen LogP contribution in [0.2, 0.25) is 0 Å². The summed E-state index contributed by atoms with van der Waals surface area (Å²) >= 11 is 0. The fraction of sp³-hybridized carbons (Fsp3) is 0.400. The van der Waals surface area contributed by atoms with Gasteiger partial charge in [-0.3, -0.25) is 9.71 Å². The third-order valence-electron chi connectivity index (χ3n) is 3.14. The number of nitrogens with zero attached hydrogens (tertiary/aromatic N) is 1. The third-order valence-corrected chi connectivity index (χ3v) is 4.52. The van der Waals surface area contributed by atoms with E-state index in [1.165, 1.54) is 0 Å². The first-order valence-electron chi connectivity index (χ1n) is 7.17. The van der Waals surface area contributed by atoms with Crippen molar-refractivity contribution in [2.24, 2.45) is 0 Å². The summed E-state index contributed by atoms with van der Waals surface area (Å²) in [4.78, 5) is 4.21. The van der Waals surface area contributed by atoms with Crippen LogP contribution in [-0.4, -0.2) is 32.2 Å². The van der Waals surface area contributed by atoms with E-state index in [1.807, 2.05) is 25.1 Å². The second kappa shape index (κ2) is 7.38. The van der Waals surface area contributed by atoms with E-state index >= 15 is 0 Å². The van der Waals surface area contributed by atoms with Crippen molar-refractivity contribution in [1.82, 2.24) is 10.3 Å². The summed E-state index contributed by atoms with van der Waals surface area (Å²) in [5.41, 5.74) is 1.44. The van der Waals surface area contributed by atoms with Gasteiger partial charge >= 0.3 is 0 Å². The number of rotatable bonds is 8. The van der Waals surface area contributed by atoms with Crippen LogP contribution in [0.3, 0.4) is 0 Å². The lowest BCUT2D eigenvalue weighted by Gasteiger charge is -2.09. The van der Waals surface area contributed by atoms with Gasteiger partial charge in [-0.1, -0.05) is 13.0 Å². The van der Waals surface area contributed by atoms with Crippen molar-refractivity contribution in [3.8, 4) is 0 Å². The zero-order valence-corrected chi connectivity index (χ0v) is 13.0. The van der Waals surface area contributed by atoms with E-state index in [2.05, 4.69) is 15.0 Å². The summed E-state index contributed by atoms with van der Waals surface area (Å²) in [7, 11) is -3.29. The Morgan fingerprint density at radius 2 is 2.05 bits per heavy atom. The van der Waals surface area contributed by atoms with Gasteiger partial charge in [0, 0.05) is 17.3 Å². The zero-order chi connectivity index (χ0) is 15.1. The molecule has 0 aliphatic rings. The van der Waals surface area contributed by atoms with Crippen molar-refractivity contribution in [3.05, 3.63) is 36.5 Å². The molecule has 2 rings (SSSR count). The number of hydrogen-bond acceptors (Lipinski definition) is 4. The summed E-state index contributed by atoms with van der Waals surface area (Å²) in [5.74, 6) is 0.142. The smallest absolute Gasteiger partial charge is 0.232 e. The van der Waals surface area contributed by atoms with E-state index in [0.29, 0.717) is 12.1 Å². The standard InChI is InChI=1S/C15H21N3O2S/c1-2-16-9-3-4-11-21(19,20)18-14-7-8-15-13(12-14)6-5-10-17-15/h5-8,10,12,16,18H,2-4,9,11H2,1H3. The predicted molar refractivity (Wildman–Crippen MR) is 86.9 cm³/mol. The average Bonchev–Trinajstić information content (AvgIpc) is 2.46. The number of sulfonamides is 1. The molecular weight excluding hydrogens is 286 g/mol. The molecule has 0 aliphatic carbocycles. The molecule has 0 atom stereocenters. The van der Waals surface area contributed by atoms with Crippen molar-refractivity contribution in [2.45, 2.75) is 19.8 Å². The third kappa shape index (κ3) is 4.99. The lowest BCUT2D eigenvalue weighted by molar-refractivity contribution is 0.593. The molecule has 0 bridgehead atoms. The van der Waals surface area contributed by atoms with Gasteiger partial charge < -0.3 is 5.32 Å². The first kappa shape index (κ1) is 15.7. The molecular formula is C15H21N3O2S. The highest BCUT2D eigenvalue weighted by atomic mass is 32.2. The molecule has 0 unspecified atom stereocenters. The van der Waals surface area contributed by atoms with Gasteiger partial charge in [0.05, 0.1) is 11.3 Å². The summed E-state index contributed by atoms with van der Waals surface area (Å²) < 4.78 is 26.7. The summed E-state index contributed by atoms with van der Waals surface area (Å²) in [5, 5.41) is 4.10. The van der Waals surface area contributed by atoms with Gasteiger partial charge in [-0.2, -0.15) is 0 Å². The van der Waals surface area contributed by atoms with Crippen LogP contribution >= 0.6 is 0 Å². The topological polar surface area (TPSA) is 71.1 Å². The van der Waals surface area contributed by atoms with Crippen molar-refractivity contribution < 1.29 is 8.42 Å². The normalized spacial score (nSPS) is 11.7. The van der Waals surface area contributed by atoms with E-state index in [9.17, 15) is 8.42 Å². The van der Waals surface area contributed by atoms with E-state index in [0.717, 1.165) is 30.4 Å². The highest BCUT2D eigenvalue weighted by molar-refractivity contribution is 7.92. The quantitative estimate of drug-likeness (QED) is 0.735. The number of aromatic nitrogens is 1. The molecule has 0 aliphatic heterocycles. The maximum absolute atomic E-state index is 12.0. The number of nitrogens with one attached hydrogen (secondary N) is 2. The summed E-state index contributed by atoms with van der Waals surface area (Å²) in [6, 6.07) is 9.11. The van der Waals surface area contributed by atoms with Crippen molar-refractivity contribution >= 4 is 26.6 Å². The summed E-state index contributed by atoms with van der Waals surface area (Å²) in [6.45, 7) is 3.80. The minimum absolute atomic E-state index is 0.142. The van der Waals surface area contributed by atoms with Gasteiger partial charge in [-0.15, -0.1) is 0 Å². The number of benzene rings is 1. The van der Waals surface area contributed by atoms with Gasteiger partial charge in [0.1, 0.15) is 0 Å². The number of unbranched alkanes of at least 4 members (excludes halogenated alkanes) is 1. The molecule has 2 N–H and O–H groups in total. The maximum Gasteiger partial charge on any atom is 0.232 e. The zero-order valence-electron chi connectivity index (χ0n) is 12.2. The van der Waals surface area contributed by atoms with Crippen LogP contribution in [0.15, 0.2) is 36.5 Å². The molecule has 6 heteroatoms. The highest BCUT2D eigenvalue weighted by Gasteiger charge is 2.10. The maximum atomic E-state index is 12.0. The van der Waals surface area contributed by atoms with Crippen LogP contribution in [0.1, 0.15) is 19.8 Å². The SMILES string of the molecule is CCNCCCCS(=O)(=O)Nc1ccc2ncccc2c1. The van der Waals surface area contributed by atoms with Gasteiger partial charge in [0.2, 0.25) is 10.0 Å². The van der Waals surface area contributed by atoms with Crippen LogP contribution in [0.5, 0.6) is 0 Å². The Bertz CT molecular complexity index is 686. The minimum Gasteiger partial charge on any atom is -0.317 e. The first-order valence-corrected chi connectivity index (χ1v) is 8.82. The fourth-order valence-corrected chi connectivity index (χ4v) is 3.26. The average molecular weight is 307 g/mol. The van der Waals surface area contributed by atoms with Crippen molar-refractivity contribution in [2.75, 3.05) is 23.6 Å². The molecule has 0 saturated heterocycles. The molecule has 1 aromatic carbocycles. The highest BCUT2D eigenvalue weighted by Crippen LogP contribution is 2.18. The molecule has 2 aromatic rings. The van der Waals surface area contributed by atoms with E-state index < -0.39 is 10.0 Å². The molecule has 0 radical (unpaired) electrons. The number of fused-ring (bicyclic) bond motifs is 1. The van der Waals surface area contributed by atoms with Crippen LogP contribution in [0.4, 0.5) is 5.69 Å².